The Hall–Kier alpha value is -3.48. The number of aromatic nitrogens is 4. The first-order chi connectivity index (χ1) is 13.1. The molecule has 0 aliphatic heterocycles. The van der Waals surface area contributed by atoms with Gasteiger partial charge in [-0.05, 0) is 47.9 Å². The van der Waals surface area contributed by atoms with Crippen molar-refractivity contribution in [2.75, 3.05) is 0 Å². The fraction of sp³-hybridized carbons (Fsp3) is 0.100. The molecule has 3 heterocycles. The van der Waals surface area contributed by atoms with E-state index in [1.165, 1.54) is 18.5 Å². The maximum Gasteiger partial charge on any atom is 0.170 e. The molecule has 0 saturated carbocycles. The molecule has 4 aromatic rings. The number of ketones is 1. The lowest BCUT2D eigenvalue weighted by molar-refractivity contribution is 0.0991. The number of benzene rings is 1. The number of rotatable bonds is 5. The van der Waals surface area contributed by atoms with Crippen molar-refractivity contribution in [1.82, 2.24) is 19.6 Å². The minimum absolute atomic E-state index is 0.0712. The van der Waals surface area contributed by atoms with Crippen molar-refractivity contribution >= 4 is 11.4 Å². The van der Waals surface area contributed by atoms with Crippen LogP contribution in [0.4, 0.5) is 8.78 Å². The number of halogens is 2. The van der Waals surface area contributed by atoms with Crippen LogP contribution in [0.2, 0.25) is 0 Å². The molecule has 0 aliphatic carbocycles. The van der Waals surface area contributed by atoms with Crippen LogP contribution in [0.3, 0.4) is 0 Å². The van der Waals surface area contributed by atoms with E-state index >= 15 is 0 Å². The number of carbonyl (C=O) groups is 1. The molecule has 0 aliphatic rings. The third-order valence-electron chi connectivity index (χ3n) is 4.17. The normalized spacial score (nSPS) is 11.0. The van der Waals surface area contributed by atoms with E-state index in [0.29, 0.717) is 28.9 Å². The summed E-state index contributed by atoms with van der Waals surface area (Å²) in [7, 11) is 0. The van der Waals surface area contributed by atoms with Crippen molar-refractivity contribution in [3.05, 3.63) is 95.2 Å². The highest BCUT2D eigenvalue weighted by Crippen LogP contribution is 2.14. The fourth-order valence-corrected chi connectivity index (χ4v) is 2.87. The number of carbonyl (C=O) groups excluding carboxylic acids is 1. The molecule has 5 nitrogen and oxygen atoms in total. The van der Waals surface area contributed by atoms with Gasteiger partial charge in [-0.1, -0.05) is 6.07 Å². The topological polar surface area (TPSA) is 60.2 Å². The Morgan fingerprint density at radius 2 is 1.81 bits per heavy atom. The van der Waals surface area contributed by atoms with Gasteiger partial charge in [0.1, 0.15) is 18.0 Å². The van der Waals surface area contributed by atoms with Gasteiger partial charge in [-0.15, -0.1) is 10.2 Å². The smallest absolute Gasteiger partial charge is 0.170 e. The second-order valence-electron chi connectivity index (χ2n) is 6.23. The molecule has 0 spiro atoms. The molecule has 0 fully saturated rings. The highest BCUT2D eigenvalue weighted by atomic mass is 19.1. The van der Waals surface area contributed by atoms with E-state index in [-0.39, 0.29) is 12.2 Å². The highest BCUT2D eigenvalue weighted by Gasteiger charge is 2.10. The van der Waals surface area contributed by atoms with E-state index in [0.717, 1.165) is 11.6 Å². The molecule has 27 heavy (non-hydrogen) atoms. The molecule has 4 rings (SSSR count). The van der Waals surface area contributed by atoms with Crippen LogP contribution in [0.1, 0.15) is 27.2 Å². The van der Waals surface area contributed by atoms with Crippen LogP contribution in [0.5, 0.6) is 0 Å². The number of hydrogen-bond donors (Lipinski definition) is 0. The van der Waals surface area contributed by atoms with Crippen molar-refractivity contribution in [2.45, 2.75) is 12.8 Å². The molecule has 0 atom stereocenters. The Morgan fingerprint density at radius 3 is 2.56 bits per heavy atom. The number of Topliss-reactive ketones (excluding diaryl/α,β-unsaturated/α-hetero) is 1. The van der Waals surface area contributed by atoms with Crippen LogP contribution in [-0.4, -0.2) is 25.4 Å². The molecule has 0 bridgehead atoms. The van der Waals surface area contributed by atoms with Gasteiger partial charge in [-0.25, -0.2) is 8.78 Å². The molecule has 7 heteroatoms. The van der Waals surface area contributed by atoms with Gasteiger partial charge in [-0.3, -0.25) is 14.2 Å². The summed E-state index contributed by atoms with van der Waals surface area (Å²) in [5.41, 5.74) is 3.17. The standard InChI is InChI=1S/C20H14F2N4O/c21-16-6-14(7-17(22)8-16)5-13-1-3-18(23-10-13)9-19(27)15-2-4-20-25-24-12-26(20)11-15/h1-4,6-8,10-12H,5,9H2. The summed E-state index contributed by atoms with van der Waals surface area (Å²) < 4.78 is 28.2. The van der Waals surface area contributed by atoms with Crippen LogP contribution >= 0.6 is 0 Å². The van der Waals surface area contributed by atoms with Gasteiger partial charge in [0.25, 0.3) is 0 Å². The first-order valence-corrected chi connectivity index (χ1v) is 8.28. The van der Waals surface area contributed by atoms with Crippen molar-refractivity contribution in [1.29, 1.82) is 0 Å². The van der Waals surface area contributed by atoms with E-state index in [9.17, 15) is 13.6 Å². The number of hydrogen-bond acceptors (Lipinski definition) is 4. The van der Waals surface area contributed by atoms with E-state index in [1.807, 2.05) is 0 Å². The van der Waals surface area contributed by atoms with Gasteiger partial charge in [0.15, 0.2) is 11.4 Å². The zero-order chi connectivity index (χ0) is 18.8. The van der Waals surface area contributed by atoms with Crippen LogP contribution in [0.25, 0.3) is 5.65 Å². The summed E-state index contributed by atoms with van der Waals surface area (Å²) in [6, 6.07) is 10.4. The molecule has 0 N–H and O–H groups in total. The summed E-state index contributed by atoms with van der Waals surface area (Å²) in [6.07, 6.45) is 5.36. The quantitative estimate of drug-likeness (QED) is 0.509. The third-order valence-corrected chi connectivity index (χ3v) is 4.17. The summed E-state index contributed by atoms with van der Waals surface area (Å²) in [4.78, 5) is 16.8. The highest BCUT2D eigenvalue weighted by molar-refractivity contribution is 5.97. The summed E-state index contributed by atoms with van der Waals surface area (Å²) in [5, 5.41) is 7.68. The van der Waals surface area contributed by atoms with Gasteiger partial charge in [-0.2, -0.15) is 0 Å². The minimum Gasteiger partial charge on any atom is -0.294 e. The van der Waals surface area contributed by atoms with Crippen LogP contribution in [0, 0.1) is 11.6 Å². The van der Waals surface area contributed by atoms with Crippen LogP contribution < -0.4 is 0 Å². The van der Waals surface area contributed by atoms with Crippen molar-refractivity contribution in [3.63, 3.8) is 0 Å². The van der Waals surface area contributed by atoms with Gasteiger partial charge < -0.3 is 0 Å². The zero-order valence-corrected chi connectivity index (χ0v) is 14.1. The zero-order valence-electron chi connectivity index (χ0n) is 14.1. The van der Waals surface area contributed by atoms with Gasteiger partial charge >= 0.3 is 0 Å². The maximum atomic E-state index is 13.3. The number of fused-ring (bicyclic) bond motifs is 1. The molecule has 0 saturated heterocycles. The van der Waals surface area contributed by atoms with E-state index in [4.69, 9.17) is 0 Å². The molecule has 0 amide bonds. The molecular formula is C20H14F2N4O. The molecule has 3 aromatic heterocycles. The van der Waals surface area contributed by atoms with Gasteiger partial charge in [0, 0.05) is 29.7 Å². The predicted octanol–water partition coefficient (Wildman–Crippen LogP) is 3.42. The maximum absolute atomic E-state index is 13.3. The molecule has 1 aromatic carbocycles. The van der Waals surface area contributed by atoms with E-state index < -0.39 is 11.6 Å². The average Bonchev–Trinajstić information content (AvgIpc) is 3.10. The lowest BCUT2D eigenvalue weighted by Gasteiger charge is -2.05. The summed E-state index contributed by atoms with van der Waals surface area (Å²) in [5.74, 6) is -1.28. The van der Waals surface area contributed by atoms with E-state index in [1.54, 1.807) is 41.1 Å². The van der Waals surface area contributed by atoms with E-state index in [2.05, 4.69) is 15.2 Å². The Balaban J connectivity index is 1.46. The molecule has 0 unspecified atom stereocenters. The predicted molar refractivity (Wildman–Crippen MR) is 94.4 cm³/mol. The lowest BCUT2D eigenvalue weighted by Crippen LogP contribution is -2.06. The average molecular weight is 364 g/mol. The Bertz CT molecular complexity index is 1100. The monoisotopic (exact) mass is 364 g/mol. The van der Waals surface area contributed by atoms with Gasteiger partial charge in [0.2, 0.25) is 0 Å². The van der Waals surface area contributed by atoms with Crippen molar-refractivity contribution < 1.29 is 13.6 Å². The first-order valence-electron chi connectivity index (χ1n) is 8.28. The summed E-state index contributed by atoms with van der Waals surface area (Å²) >= 11 is 0. The van der Waals surface area contributed by atoms with Gasteiger partial charge in [0.05, 0.1) is 6.42 Å². The Labute approximate surface area is 153 Å². The number of nitrogens with zero attached hydrogens (tertiary/aromatic N) is 4. The second-order valence-corrected chi connectivity index (χ2v) is 6.23. The largest absolute Gasteiger partial charge is 0.294 e. The Morgan fingerprint density at radius 1 is 1.00 bits per heavy atom. The fourth-order valence-electron chi connectivity index (χ4n) is 2.87. The van der Waals surface area contributed by atoms with Crippen molar-refractivity contribution in [3.8, 4) is 0 Å². The SMILES string of the molecule is O=C(Cc1ccc(Cc2cc(F)cc(F)c2)cn1)c1ccc2nncn2c1. The molecule has 134 valence electrons. The minimum atomic E-state index is -0.606. The second kappa shape index (κ2) is 7.03. The van der Waals surface area contributed by atoms with Crippen LogP contribution in [0.15, 0.2) is 61.2 Å². The first kappa shape index (κ1) is 17.0. The molecule has 0 radical (unpaired) electrons. The third kappa shape index (κ3) is 3.87. The molecular weight excluding hydrogens is 350 g/mol. The Kier molecular flexibility index (Phi) is 4.42. The number of pyridine rings is 2. The summed E-state index contributed by atoms with van der Waals surface area (Å²) in [6.45, 7) is 0. The lowest BCUT2D eigenvalue weighted by atomic mass is 10.0. The van der Waals surface area contributed by atoms with Crippen molar-refractivity contribution in [2.24, 2.45) is 0 Å². The van der Waals surface area contributed by atoms with Crippen LogP contribution in [-0.2, 0) is 12.8 Å².